The number of benzene rings is 1. The van der Waals surface area contributed by atoms with E-state index in [9.17, 15) is 0 Å². The van der Waals surface area contributed by atoms with Crippen LogP contribution >= 0.6 is 22.9 Å². The lowest BCUT2D eigenvalue weighted by Gasteiger charge is -1.99. The summed E-state index contributed by atoms with van der Waals surface area (Å²) in [5.41, 5.74) is 3.72. The van der Waals surface area contributed by atoms with Crippen molar-refractivity contribution in [1.29, 1.82) is 0 Å². The number of aromatic nitrogens is 6. The second-order valence-electron chi connectivity index (χ2n) is 6.02. The van der Waals surface area contributed by atoms with E-state index in [4.69, 9.17) is 11.6 Å². The summed E-state index contributed by atoms with van der Waals surface area (Å²) in [6.45, 7) is 1.97. The second kappa shape index (κ2) is 6.29. The van der Waals surface area contributed by atoms with Crippen molar-refractivity contribution in [3.63, 3.8) is 0 Å². The number of nitrogens with zero attached hydrogens (tertiary/aromatic N) is 6. The molecule has 0 N–H and O–H groups in total. The van der Waals surface area contributed by atoms with Gasteiger partial charge in [-0.1, -0.05) is 47.2 Å². The maximum Gasteiger partial charge on any atom is 0.235 e. The van der Waals surface area contributed by atoms with Crippen LogP contribution in [0.1, 0.15) is 16.3 Å². The van der Waals surface area contributed by atoms with Crippen molar-refractivity contribution < 1.29 is 0 Å². The Hall–Kier alpha value is -3.03. The first-order valence-electron chi connectivity index (χ1n) is 8.29. The van der Waals surface area contributed by atoms with E-state index in [1.165, 1.54) is 11.3 Å². The van der Waals surface area contributed by atoms with E-state index in [1.54, 1.807) is 4.52 Å². The van der Waals surface area contributed by atoms with Gasteiger partial charge in [0.25, 0.3) is 0 Å². The molecule has 4 heterocycles. The van der Waals surface area contributed by atoms with Gasteiger partial charge in [0.1, 0.15) is 16.3 Å². The van der Waals surface area contributed by atoms with Crippen LogP contribution in [0.4, 0.5) is 0 Å². The average molecular weight is 393 g/mol. The van der Waals surface area contributed by atoms with Crippen LogP contribution in [-0.2, 0) is 0 Å². The van der Waals surface area contributed by atoms with Crippen molar-refractivity contribution in [2.45, 2.75) is 6.92 Å². The minimum atomic E-state index is 0.684. The van der Waals surface area contributed by atoms with E-state index in [-0.39, 0.29) is 0 Å². The molecule has 0 saturated carbocycles. The van der Waals surface area contributed by atoms with E-state index >= 15 is 0 Å². The van der Waals surface area contributed by atoms with Crippen molar-refractivity contribution in [2.24, 2.45) is 0 Å². The largest absolute Gasteiger partial charge is 0.297 e. The Labute approximate surface area is 163 Å². The van der Waals surface area contributed by atoms with Crippen LogP contribution in [0.5, 0.6) is 0 Å². The van der Waals surface area contributed by atoms with E-state index in [0.717, 1.165) is 37.6 Å². The highest BCUT2D eigenvalue weighted by atomic mass is 35.5. The molecule has 0 atom stereocenters. The number of aryl methyl sites for hydroxylation is 1. The van der Waals surface area contributed by atoms with Crippen molar-refractivity contribution in [1.82, 2.24) is 29.2 Å². The first-order chi connectivity index (χ1) is 13.2. The highest BCUT2D eigenvalue weighted by Crippen LogP contribution is 2.26. The minimum Gasteiger partial charge on any atom is -0.297 e. The van der Waals surface area contributed by atoms with Gasteiger partial charge in [-0.3, -0.25) is 4.40 Å². The molecular weight excluding hydrogens is 380 g/mol. The maximum absolute atomic E-state index is 5.93. The topological polar surface area (TPSA) is 60.4 Å². The van der Waals surface area contributed by atoms with Crippen LogP contribution in [-0.4, -0.2) is 29.2 Å². The molecule has 0 spiro atoms. The summed E-state index contributed by atoms with van der Waals surface area (Å²) in [4.78, 5) is 5.34. The monoisotopic (exact) mass is 392 g/mol. The van der Waals surface area contributed by atoms with Crippen molar-refractivity contribution in [3.05, 3.63) is 69.9 Å². The smallest absolute Gasteiger partial charge is 0.235 e. The number of rotatable bonds is 3. The van der Waals surface area contributed by atoms with Crippen molar-refractivity contribution in [2.75, 3.05) is 0 Å². The van der Waals surface area contributed by atoms with E-state index in [0.29, 0.717) is 5.82 Å². The molecule has 1 aromatic carbocycles. The second-order valence-corrected chi connectivity index (χ2v) is 7.44. The third kappa shape index (κ3) is 2.81. The minimum absolute atomic E-state index is 0.684. The van der Waals surface area contributed by atoms with Gasteiger partial charge in [-0.15, -0.1) is 10.2 Å². The summed E-state index contributed by atoms with van der Waals surface area (Å²) in [6, 6.07) is 13.6. The predicted octanol–water partition coefficient (Wildman–Crippen LogP) is 4.63. The van der Waals surface area contributed by atoms with Gasteiger partial charge in [0.15, 0.2) is 0 Å². The molecule has 4 aromatic heterocycles. The van der Waals surface area contributed by atoms with E-state index in [2.05, 4.69) is 20.3 Å². The zero-order valence-corrected chi connectivity index (χ0v) is 15.8. The fraction of sp³-hybridized carbons (Fsp3) is 0.0526. The third-order valence-corrected chi connectivity index (χ3v) is 5.33. The Kier molecular flexibility index (Phi) is 3.77. The van der Waals surface area contributed by atoms with Gasteiger partial charge in [-0.25, -0.2) is 4.98 Å². The standard InChI is InChI=1S/C19H13ClN6S/c1-12-17(25-11-3-2-4-15(25)21-12)18-22-23-19-26(18)24-16(27-19)10-7-13-5-8-14(20)9-6-13/h2-11H,1H3/b10-7+. The van der Waals surface area contributed by atoms with Gasteiger partial charge in [0.2, 0.25) is 10.8 Å². The molecule has 27 heavy (non-hydrogen) atoms. The van der Waals surface area contributed by atoms with Crippen molar-refractivity contribution in [3.8, 4) is 11.5 Å². The number of hydrogen-bond donors (Lipinski definition) is 0. The molecule has 5 rings (SSSR count). The summed E-state index contributed by atoms with van der Waals surface area (Å²) < 4.78 is 3.78. The highest BCUT2D eigenvalue weighted by molar-refractivity contribution is 7.17. The zero-order valence-electron chi connectivity index (χ0n) is 14.2. The van der Waals surface area contributed by atoms with Crippen LogP contribution in [0.2, 0.25) is 5.02 Å². The van der Waals surface area contributed by atoms with Gasteiger partial charge in [0.05, 0.1) is 5.69 Å². The number of imidazole rings is 1. The molecule has 0 fully saturated rings. The fourth-order valence-corrected chi connectivity index (χ4v) is 3.84. The summed E-state index contributed by atoms with van der Waals surface area (Å²) >= 11 is 7.41. The Morgan fingerprint density at radius 2 is 1.89 bits per heavy atom. The van der Waals surface area contributed by atoms with Gasteiger partial charge in [-0.05, 0) is 42.8 Å². The van der Waals surface area contributed by atoms with Crippen LogP contribution in [0.15, 0.2) is 48.7 Å². The van der Waals surface area contributed by atoms with Gasteiger partial charge in [-0.2, -0.15) is 9.61 Å². The van der Waals surface area contributed by atoms with Gasteiger partial charge in [0, 0.05) is 11.2 Å². The molecule has 8 heteroatoms. The predicted molar refractivity (Wildman–Crippen MR) is 108 cm³/mol. The summed E-state index contributed by atoms with van der Waals surface area (Å²) in [7, 11) is 0. The molecule has 0 aliphatic heterocycles. The average Bonchev–Trinajstić information content (AvgIpc) is 3.33. The molecule has 0 aliphatic rings. The number of hydrogen-bond acceptors (Lipinski definition) is 5. The fourth-order valence-electron chi connectivity index (χ4n) is 2.97. The lowest BCUT2D eigenvalue weighted by molar-refractivity contribution is 0.944. The van der Waals surface area contributed by atoms with Crippen LogP contribution in [0, 0.1) is 6.92 Å². The molecule has 6 nitrogen and oxygen atoms in total. The van der Waals surface area contributed by atoms with E-state index in [1.807, 2.05) is 72.1 Å². The first kappa shape index (κ1) is 16.2. The molecule has 0 unspecified atom stereocenters. The Bertz CT molecular complexity index is 1300. The van der Waals surface area contributed by atoms with E-state index < -0.39 is 0 Å². The summed E-state index contributed by atoms with van der Waals surface area (Å²) in [6.07, 6.45) is 5.94. The lowest BCUT2D eigenvalue weighted by atomic mass is 10.2. The quantitative estimate of drug-likeness (QED) is 0.449. The molecule has 0 radical (unpaired) electrons. The number of fused-ring (bicyclic) bond motifs is 2. The molecule has 0 bridgehead atoms. The SMILES string of the molecule is Cc1nc2ccccn2c1-c1nnc2sc(/C=C/c3ccc(Cl)cc3)nn12. The number of pyridine rings is 1. The highest BCUT2D eigenvalue weighted by Gasteiger charge is 2.19. The molecule has 0 amide bonds. The zero-order chi connectivity index (χ0) is 18.4. The molecular formula is C19H13ClN6S. The molecule has 0 saturated heterocycles. The first-order valence-corrected chi connectivity index (χ1v) is 9.48. The maximum atomic E-state index is 5.93. The molecule has 0 aliphatic carbocycles. The third-order valence-electron chi connectivity index (χ3n) is 4.21. The molecule has 5 aromatic rings. The molecule has 132 valence electrons. The van der Waals surface area contributed by atoms with Crippen LogP contribution < -0.4 is 0 Å². The Balaban J connectivity index is 1.57. The Morgan fingerprint density at radius 3 is 2.74 bits per heavy atom. The summed E-state index contributed by atoms with van der Waals surface area (Å²) in [5, 5.41) is 14.9. The van der Waals surface area contributed by atoms with Gasteiger partial charge >= 0.3 is 0 Å². The van der Waals surface area contributed by atoms with Crippen LogP contribution in [0.25, 0.3) is 34.3 Å². The van der Waals surface area contributed by atoms with Crippen LogP contribution in [0.3, 0.4) is 0 Å². The normalized spacial score (nSPS) is 11.9. The Morgan fingerprint density at radius 1 is 1.04 bits per heavy atom. The van der Waals surface area contributed by atoms with Crippen molar-refractivity contribution >= 4 is 45.7 Å². The summed E-state index contributed by atoms with van der Waals surface area (Å²) in [5.74, 6) is 0.684. The number of halogens is 1. The van der Waals surface area contributed by atoms with Gasteiger partial charge < -0.3 is 0 Å². The lowest BCUT2D eigenvalue weighted by Crippen LogP contribution is -1.96.